The van der Waals surface area contributed by atoms with Crippen LogP contribution in [0.5, 0.6) is 11.6 Å². The summed E-state index contributed by atoms with van der Waals surface area (Å²) in [5.74, 6) is 0.638. The number of carbonyl (C=O) groups excluding carboxylic acids is 1. The molecule has 1 unspecified atom stereocenters. The van der Waals surface area contributed by atoms with Crippen molar-refractivity contribution < 1.29 is 14.3 Å². The zero-order valence-corrected chi connectivity index (χ0v) is 17.0. The van der Waals surface area contributed by atoms with Gasteiger partial charge in [0.25, 0.3) is 0 Å². The number of benzene rings is 2. The Kier molecular flexibility index (Phi) is 6.57. The SMILES string of the molecule is NC(=O)c1ccc(Oc2cccc3c(CNCCC4CCCCO4)cccc23)nc1. The molecule has 0 aliphatic carbocycles. The minimum absolute atomic E-state index is 0.354. The molecule has 0 bridgehead atoms. The third-order valence-corrected chi connectivity index (χ3v) is 5.44. The number of amides is 1. The summed E-state index contributed by atoms with van der Waals surface area (Å²) in [7, 11) is 0. The maximum atomic E-state index is 11.2. The molecule has 1 aliphatic rings. The first kappa shape index (κ1) is 20.3. The lowest BCUT2D eigenvalue weighted by Gasteiger charge is -2.22. The number of hydrogen-bond acceptors (Lipinski definition) is 5. The van der Waals surface area contributed by atoms with Gasteiger partial charge >= 0.3 is 0 Å². The third-order valence-electron chi connectivity index (χ3n) is 5.44. The maximum Gasteiger partial charge on any atom is 0.250 e. The summed E-state index contributed by atoms with van der Waals surface area (Å²) in [5.41, 5.74) is 6.84. The fourth-order valence-electron chi connectivity index (χ4n) is 3.81. The summed E-state index contributed by atoms with van der Waals surface area (Å²) in [6, 6.07) is 15.5. The Morgan fingerprint density at radius 2 is 2.00 bits per heavy atom. The lowest BCUT2D eigenvalue weighted by Crippen LogP contribution is -2.25. The van der Waals surface area contributed by atoms with Crippen molar-refractivity contribution in [3.8, 4) is 11.6 Å². The van der Waals surface area contributed by atoms with E-state index in [2.05, 4.69) is 22.4 Å². The Bertz CT molecular complexity index is 998. The number of rotatable bonds is 8. The number of primary amides is 1. The van der Waals surface area contributed by atoms with E-state index in [0.717, 1.165) is 42.6 Å². The van der Waals surface area contributed by atoms with Gasteiger partial charge in [0.15, 0.2) is 0 Å². The molecule has 30 heavy (non-hydrogen) atoms. The lowest BCUT2D eigenvalue weighted by atomic mass is 10.0. The molecule has 3 N–H and O–H groups in total. The molecule has 1 amide bonds. The van der Waals surface area contributed by atoms with E-state index in [4.69, 9.17) is 15.2 Å². The minimum Gasteiger partial charge on any atom is -0.438 e. The van der Waals surface area contributed by atoms with Gasteiger partial charge in [0.2, 0.25) is 11.8 Å². The van der Waals surface area contributed by atoms with Crippen molar-refractivity contribution in [1.29, 1.82) is 0 Å². The summed E-state index contributed by atoms with van der Waals surface area (Å²) < 4.78 is 11.8. The Hall–Kier alpha value is -2.96. The number of aromatic nitrogens is 1. The molecule has 1 saturated heterocycles. The summed E-state index contributed by atoms with van der Waals surface area (Å²) in [6.07, 6.45) is 6.50. The number of pyridine rings is 1. The molecule has 1 atom stereocenters. The van der Waals surface area contributed by atoms with E-state index in [1.165, 1.54) is 31.0 Å². The van der Waals surface area contributed by atoms with Gasteiger partial charge in [-0.15, -0.1) is 0 Å². The smallest absolute Gasteiger partial charge is 0.250 e. The molecule has 2 aromatic carbocycles. The first-order valence-electron chi connectivity index (χ1n) is 10.5. The highest BCUT2D eigenvalue weighted by atomic mass is 16.5. The normalized spacial score (nSPS) is 16.5. The first-order valence-corrected chi connectivity index (χ1v) is 10.5. The van der Waals surface area contributed by atoms with Crippen LogP contribution in [0, 0.1) is 0 Å². The van der Waals surface area contributed by atoms with Crippen molar-refractivity contribution in [3.05, 3.63) is 65.9 Å². The number of hydrogen-bond donors (Lipinski definition) is 2. The van der Waals surface area contributed by atoms with Crippen molar-refractivity contribution in [2.75, 3.05) is 13.2 Å². The van der Waals surface area contributed by atoms with Gasteiger partial charge in [-0.2, -0.15) is 0 Å². The largest absolute Gasteiger partial charge is 0.438 e. The van der Waals surface area contributed by atoms with Crippen LogP contribution in [0.2, 0.25) is 0 Å². The quantitative estimate of drug-likeness (QED) is 0.549. The molecular formula is C24H27N3O3. The highest BCUT2D eigenvalue weighted by molar-refractivity contribution is 5.92. The van der Waals surface area contributed by atoms with Crippen molar-refractivity contribution in [3.63, 3.8) is 0 Å². The maximum absolute atomic E-state index is 11.2. The molecule has 1 aromatic heterocycles. The van der Waals surface area contributed by atoms with Gasteiger partial charge in [0.1, 0.15) is 5.75 Å². The predicted molar refractivity (Wildman–Crippen MR) is 117 cm³/mol. The second-order valence-corrected chi connectivity index (χ2v) is 7.57. The van der Waals surface area contributed by atoms with Gasteiger partial charge in [-0.05, 0) is 55.3 Å². The van der Waals surface area contributed by atoms with Crippen LogP contribution in [-0.4, -0.2) is 30.1 Å². The Labute approximate surface area is 176 Å². The van der Waals surface area contributed by atoms with Gasteiger partial charge in [-0.1, -0.05) is 30.3 Å². The second kappa shape index (κ2) is 9.69. The van der Waals surface area contributed by atoms with E-state index < -0.39 is 5.91 Å². The fourth-order valence-corrected chi connectivity index (χ4v) is 3.81. The zero-order valence-electron chi connectivity index (χ0n) is 17.0. The van der Waals surface area contributed by atoms with Crippen molar-refractivity contribution >= 4 is 16.7 Å². The van der Waals surface area contributed by atoms with Crippen LogP contribution >= 0.6 is 0 Å². The van der Waals surface area contributed by atoms with E-state index in [1.54, 1.807) is 12.1 Å². The molecule has 0 spiro atoms. The molecule has 1 fully saturated rings. The molecule has 3 aromatic rings. The Morgan fingerprint density at radius 3 is 2.77 bits per heavy atom. The van der Waals surface area contributed by atoms with Crippen molar-refractivity contribution in [2.45, 2.75) is 38.3 Å². The van der Waals surface area contributed by atoms with Crippen LogP contribution in [0.25, 0.3) is 10.8 Å². The highest BCUT2D eigenvalue weighted by Gasteiger charge is 2.13. The van der Waals surface area contributed by atoms with Crippen molar-refractivity contribution in [1.82, 2.24) is 10.3 Å². The monoisotopic (exact) mass is 405 g/mol. The Morgan fingerprint density at radius 1 is 1.13 bits per heavy atom. The van der Waals surface area contributed by atoms with Gasteiger partial charge in [0.05, 0.1) is 11.7 Å². The van der Waals surface area contributed by atoms with Crippen LogP contribution in [0.15, 0.2) is 54.7 Å². The molecule has 156 valence electrons. The molecule has 0 saturated carbocycles. The van der Waals surface area contributed by atoms with Gasteiger partial charge in [-0.3, -0.25) is 4.79 Å². The summed E-state index contributed by atoms with van der Waals surface area (Å²) >= 11 is 0. The zero-order chi connectivity index (χ0) is 20.8. The molecule has 4 rings (SSSR count). The molecule has 0 radical (unpaired) electrons. The molecule has 2 heterocycles. The second-order valence-electron chi connectivity index (χ2n) is 7.57. The first-order chi connectivity index (χ1) is 14.7. The minimum atomic E-state index is -0.508. The van der Waals surface area contributed by atoms with Crippen LogP contribution in [-0.2, 0) is 11.3 Å². The van der Waals surface area contributed by atoms with Crippen LogP contribution < -0.4 is 15.8 Å². The molecule has 6 heteroatoms. The topological polar surface area (TPSA) is 86.5 Å². The van der Waals surface area contributed by atoms with Crippen LogP contribution in [0.3, 0.4) is 0 Å². The van der Waals surface area contributed by atoms with E-state index in [1.807, 2.05) is 24.3 Å². The number of fused-ring (bicyclic) bond motifs is 1. The number of nitrogens with one attached hydrogen (secondary N) is 1. The summed E-state index contributed by atoms with van der Waals surface area (Å²) in [6.45, 7) is 2.63. The lowest BCUT2D eigenvalue weighted by molar-refractivity contribution is 0.0115. The molecule has 6 nitrogen and oxygen atoms in total. The highest BCUT2D eigenvalue weighted by Crippen LogP contribution is 2.31. The molecule has 1 aliphatic heterocycles. The number of nitrogens with two attached hydrogens (primary N) is 1. The van der Waals surface area contributed by atoms with Crippen LogP contribution in [0.1, 0.15) is 41.6 Å². The number of carbonyl (C=O) groups is 1. The third kappa shape index (κ3) is 4.96. The summed E-state index contributed by atoms with van der Waals surface area (Å²) in [4.78, 5) is 15.4. The van der Waals surface area contributed by atoms with Gasteiger partial charge in [-0.25, -0.2) is 4.98 Å². The number of ether oxygens (including phenoxy) is 2. The van der Waals surface area contributed by atoms with Crippen LogP contribution in [0.4, 0.5) is 0 Å². The Balaban J connectivity index is 1.43. The average molecular weight is 405 g/mol. The van der Waals surface area contributed by atoms with Crippen molar-refractivity contribution in [2.24, 2.45) is 5.73 Å². The van der Waals surface area contributed by atoms with E-state index in [0.29, 0.717) is 17.5 Å². The fraction of sp³-hybridized carbons (Fsp3) is 0.333. The van der Waals surface area contributed by atoms with E-state index in [9.17, 15) is 4.79 Å². The summed E-state index contributed by atoms with van der Waals surface area (Å²) in [5, 5.41) is 5.72. The van der Waals surface area contributed by atoms with Gasteiger partial charge in [0, 0.05) is 30.8 Å². The predicted octanol–water partition coefficient (Wildman–Crippen LogP) is 4.17. The molecular weight excluding hydrogens is 378 g/mol. The standard InChI is InChI=1S/C24H27N3O3/c25-24(28)18-10-11-23(27-16-18)30-22-9-4-7-20-17(5-3-8-21(20)22)15-26-13-12-19-6-1-2-14-29-19/h3-5,7-11,16,19,26H,1-2,6,12-15H2,(H2,25,28). The van der Waals surface area contributed by atoms with E-state index in [-0.39, 0.29) is 0 Å². The number of nitrogens with zero attached hydrogens (tertiary/aromatic N) is 1. The van der Waals surface area contributed by atoms with Gasteiger partial charge < -0.3 is 20.5 Å². The van der Waals surface area contributed by atoms with E-state index >= 15 is 0 Å². The average Bonchev–Trinajstić information content (AvgIpc) is 2.78.